The van der Waals surface area contributed by atoms with Crippen LogP contribution in [0, 0.1) is 0 Å². The van der Waals surface area contributed by atoms with E-state index >= 15 is 0 Å². The number of ether oxygens (including phenoxy) is 1. The number of halogens is 1. The minimum Gasteiger partial charge on any atom is -0.373 e. The van der Waals surface area contributed by atoms with Gasteiger partial charge in [0.25, 0.3) is 0 Å². The molecule has 1 aromatic heterocycles. The lowest BCUT2D eigenvalue weighted by Gasteiger charge is -2.29. The van der Waals surface area contributed by atoms with E-state index < -0.39 is 0 Å². The molecule has 1 aliphatic heterocycles. The summed E-state index contributed by atoms with van der Waals surface area (Å²) in [4.78, 5) is 4.34. The molecule has 4 nitrogen and oxygen atoms in total. The van der Waals surface area contributed by atoms with Crippen molar-refractivity contribution in [2.24, 2.45) is 5.84 Å². The maximum atomic E-state index is 5.93. The Morgan fingerprint density at radius 2 is 2.19 bits per heavy atom. The van der Waals surface area contributed by atoms with Crippen LogP contribution in [0.4, 0.5) is 0 Å². The van der Waals surface area contributed by atoms with Gasteiger partial charge in [0.15, 0.2) is 0 Å². The molecule has 2 unspecified atom stereocenters. The zero-order chi connectivity index (χ0) is 14.7. The summed E-state index contributed by atoms with van der Waals surface area (Å²) in [6.45, 7) is 0.743. The summed E-state index contributed by atoms with van der Waals surface area (Å²) in [7, 11) is 0. The highest BCUT2D eigenvalue weighted by Crippen LogP contribution is 2.33. The molecule has 5 heteroatoms. The normalized spacial score (nSPS) is 19.0. The van der Waals surface area contributed by atoms with Crippen molar-refractivity contribution in [3.63, 3.8) is 0 Å². The average Bonchev–Trinajstić information content (AvgIpc) is 2.54. The SMILES string of the molecule is NNC(CC1OCCc2ccccc21)c1ccc(Cl)cn1. The summed E-state index contributed by atoms with van der Waals surface area (Å²) >= 11 is 5.88. The van der Waals surface area contributed by atoms with Crippen LogP contribution < -0.4 is 11.3 Å². The summed E-state index contributed by atoms with van der Waals surface area (Å²) in [5.74, 6) is 5.70. The van der Waals surface area contributed by atoms with E-state index in [0.29, 0.717) is 5.02 Å². The van der Waals surface area contributed by atoms with Gasteiger partial charge in [-0.3, -0.25) is 16.3 Å². The number of rotatable bonds is 4. The molecule has 0 bridgehead atoms. The van der Waals surface area contributed by atoms with Gasteiger partial charge in [-0.05, 0) is 29.7 Å². The van der Waals surface area contributed by atoms with E-state index in [-0.39, 0.29) is 12.1 Å². The summed E-state index contributed by atoms with van der Waals surface area (Å²) in [5.41, 5.74) is 6.30. The number of fused-ring (bicyclic) bond motifs is 1. The highest BCUT2D eigenvalue weighted by molar-refractivity contribution is 6.30. The van der Waals surface area contributed by atoms with Crippen molar-refractivity contribution in [2.75, 3.05) is 6.61 Å². The van der Waals surface area contributed by atoms with E-state index in [2.05, 4.69) is 28.6 Å². The van der Waals surface area contributed by atoms with Crippen molar-refractivity contribution in [1.82, 2.24) is 10.4 Å². The minimum absolute atomic E-state index is 0.0356. The number of nitrogens with one attached hydrogen (secondary N) is 1. The number of nitrogens with zero attached hydrogens (tertiary/aromatic N) is 1. The highest BCUT2D eigenvalue weighted by Gasteiger charge is 2.24. The lowest BCUT2D eigenvalue weighted by atomic mass is 9.93. The standard InChI is InChI=1S/C16H18ClN3O/c17-12-5-6-14(19-10-12)15(20-18)9-16-13-4-2-1-3-11(13)7-8-21-16/h1-6,10,15-16,20H,7-9,18H2. The molecule has 0 aliphatic carbocycles. The number of hydrogen-bond acceptors (Lipinski definition) is 4. The molecule has 1 aliphatic rings. The second-order valence-corrected chi connectivity index (χ2v) is 5.60. The van der Waals surface area contributed by atoms with Crippen LogP contribution in [-0.4, -0.2) is 11.6 Å². The fourth-order valence-corrected chi connectivity index (χ4v) is 2.87. The Morgan fingerprint density at radius 1 is 1.33 bits per heavy atom. The second-order valence-electron chi connectivity index (χ2n) is 5.16. The van der Waals surface area contributed by atoms with Gasteiger partial charge in [0.1, 0.15) is 0 Å². The van der Waals surface area contributed by atoms with Gasteiger partial charge in [-0.15, -0.1) is 0 Å². The molecule has 3 rings (SSSR count). The molecule has 110 valence electrons. The zero-order valence-corrected chi connectivity index (χ0v) is 12.4. The molecular weight excluding hydrogens is 286 g/mol. The largest absolute Gasteiger partial charge is 0.373 e. The van der Waals surface area contributed by atoms with Gasteiger partial charge in [-0.2, -0.15) is 0 Å². The Bertz CT molecular complexity index is 603. The molecule has 1 aromatic carbocycles. The summed E-state index contributed by atoms with van der Waals surface area (Å²) in [6, 6.07) is 12.1. The predicted octanol–water partition coefficient (Wildman–Crippen LogP) is 2.94. The first-order chi connectivity index (χ1) is 10.3. The zero-order valence-electron chi connectivity index (χ0n) is 11.6. The smallest absolute Gasteiger partial charge is 0.0847 e. The quantitative estimate of drug-likeness (QED) is 0.673. The van der Waals surface area contributed by atoms with Gasteiger partial charge in [-0.1, -0.05) is 35.9 Å². The summed E-state index contributed by atoms with van der Waals surface area (Å²) in [6.07, 6.45) is 3.37. The molecule has 2 atom stereocenters. The number of pyridine rings is 1. The minimum atomic E-state index is -0.0709. The topological polar surface area (TPSA) is 60.2 Å². The van der Waals surface area contributed by atoms with Crippen LogP contribution in [0.1, 0.15) is 35.4 Å². The Morgan fingerprint density at radius 3 is 2.95 bits per heavy atom. The van der Waals surface area contributed by atoms with Gasteiger partial charge >= 0.3 is 0 Å². The third-order valence-corrected chi connectivity index (χ3v) is 4.07. The van der Waals surface area contributed by atoms with Crippen molar-refractivity contribution in [1.29, 1.82) is 0 Å². The number of hydrogen-bond donors (Lipinski definition) is 2. The maximum absolute atomic E-state index is 5.93. The average molecular weight is 304 g/mol. The van der Waals surface area contributed by atoms with Gasteiger partial charge in [0.05, 0.1) is 29.5 Å². The molecule has 0 fully saturated rings. The van der Waals surface area contributed by atoms with Gasteiger partial charge < -0.3 is 4.74 Å². The van der Waals surface area contributed by atoms with E-state index in [0.717, 1.165) is 25.1 Å². The van der Waals surface area contributed by atoms with Crippen LogP contribution in [0.25, 0.3) is 0 Å². The first-order valence-electron chi connectivity index (χ1n) is 7.05. The van der Waals surface area contributed by atoms with Crippen molar-refractivity contribution in [3.05, 3.63) is 64.4 Å². The van der Waals surface area contributed by atoms with Crippen molar-refractivity contribution in [2.45, 2.75) is 25.0 Å². The van der Waals surface area contributed by atoms with Crippen LogP contribution in [0.5, 0.6) is 0 Å². The second kappa shape index (κ2) is 6.54. The van der Waals surface area contributed by atoms with Crippen molar-refractivity contribution < 1.29 is 4.74 Å². The number of benzene rings is 1. The lowest BCUT2D eigenvalue weighted by molar-refractivity contribution is 0.0290. The number of hydrazine groups is 1. The number of aromatic nitrogens is 1. The van der Waals surface area contributed by atoms with Crippen LogP contribution >= 0.6 is 11.6 Å². The molecule has 2 aromatic rings. The van der Waals surface area contributed by atoms with E-state index in [1.54, 1.807) is 6.20 Å². The molecule has 21 heavy (non-hydrogen) atoms. The van der Waals surface area contributed by atoms with Gasteiger partial charge in [-0.25, -0.2) is 0 Å². The Balaban J connectivity index is 1.80. The Hall–Kier alpha value is -1.46. The Kier molecular flexibility index (Phi) is 4.51. The van der Waals surface area contributed by atoms with Crippen molar-refractivity contribution >= 4 is 11.6 Å². The van der Waals surface area contributed by atoms with Crippen molar-refractivity contribution in [3.8, 4) is 0 Å². The molecular formula is C16H18ClN3O. The predicted molar refractivity (Wildman–Crippen MR) is 82.8 cm³/mol. The van der Waals surface area contributed by atoms with Gasteiger partial charge in [0, 0.05) is 12.6 Å². The fraction of sp³-hybridized carbons (Fsp3) is 0.312. The summed E-state index contributed by atoms with van der Waals surface area (Å²) in [5, 5.41) is 0.619. The maximum Gasteiger partial charge on any atom is 0.0847 e. The molecule has 0 radical (unpaired) electrons. The van der Waals surface area contributed by atoms with Crippen LogP contribution in [0.3, 0.4) is 0 Å². The third kappa shape index (κ3) is 3.24. The van der Waals surface area contributed by atoms with Crippen LogP contribution in [0.2, 0.25) is 5.02 Å². The van der Waals surface area contributed by atoms with E-state index in [4.69, 9.17) is 22.2 Å². The summed E-state index contributed by atoms with van der Waals surface area (Å²) < 4.78 is 5.93. The van der Waals surface area contributed by atoms with E-state index in [1.165, 1.54) is 11.1 Å². The molecule has 0 saturated heterocycles. The number of nitrogens with two attached hydrogens (primary N) is 1. The third-order valence-electron chi connectivity index (χ3n) is 3.85. The Labute approximate surface area is 129 Å². The van der Waals surface area contributed by atoms with Gasteiger partial charge in [0.2, 0.25) is 0 Å². The van der Waals surface area contributed by atoms with E-state index in [9.17, 15) is 0 Å². The first-order valence-corrected chi connectivity index (χ1v) is 7.42. The van der Waals surface area contributed by atoms with Crippen LogP contribution in [0.15, 0.2) is 42.6 Å². The highest BCUT2D eigenvalue weighted by atomic mass is 35.5. The fourth-order valence-electron chi connectivity index (χ4n) is 2.75. The van der Waals surface area contributed by atoms with E-state index in [1.807, 2.05) is 18.2 Å². The molecule has 0 spiro atoms. The van der Waals surface area contributed by atoms with Crippen LogP contribution in [-0.2, 0) is 11.2 Å². The lowest BCUT2D eigenvalue weighted by Crippen LogP contribution is -2.31. The molecule has 2 heterocycles. The molecule has 0 saturated carbocycles. The molecule has 0 amide bonds. The first kappa shape index (κ1) is 14.5. The molecule has 3 N–H and O–H groups in total. The monoisotopic (exact) mass is 303 g/mol.